The molecule has 1 aromatic rings. The van der Waals surface area contributed by atoms with Gasteiger partial charge in [-0.25, -0.2) is 8.42 Å². The van der Waals surface area contributed by atoms with E-state index in [1.54, 1.807) is 19.1 Å². The number of amides is 1. The highest BCUT2D eigenvalue weighted by molar-refractivity contribution is 7.89. The Morgan fingerprint density at radius 2 is 2.14 bits per heavy atom. The number of nitrogens with zero attached hydrogens (tertiary/aromatic N) is 1. The summed E-state index contributed by atoms with van der Waals surface area (Å²) >= 11 is 0. The van der Waals surface area contributed by atoms with Crippen molar-refractivity contribution in [3.63, 3.8) is 0 Å². The van der Waals surface area contributed by atoms with Crippen LogP contribution in [0.4, 0.5) is 5.69 Å². The van der Waals surface area contributed by atoms with Crippen molar-refractivity contribution in [2.24, 2.45) is 0 Å². The van der Waals surface area contributed by atoms with Gasteiger partial charge in [0, 0.05) is 38.3 Å². The van der Waals surface area contributed by atoms with Crippen LogP contribution in [0.1, 0.15) is 19.4 Å². The maximum Gasteiger partial charge on any atom is 0.243 e. The molecule has 0 radical (unpaired) electrons. The lowest BCUT2D eigenvalue weighted by atomic mass is 10.2. The van der Waals surface area contributed by atoms with Crippen LogP contribution >= 0.6 is 0 Å². The van der Waals surface area contributed by atoms with Gasteiger partial charge < -0.3 is 10.6 Å². The number of nitrogens with one attached hydrogen (secondary N) is 2. The zero-order valence-corrected chi connectivity index (χ0v) is 13.3. The van der Waals surface area contributed by atoms with Gasteiger partial charge in [0.2, 0.25) is 15.9 Å². The van der Waals surface area contributed by atoms with Crippen LogP contribution in [0.5, 0.6) is 0 Å². The monoisotopic (exact) mass is 311 g/mol. The SMILES string of the molecule is CC(=O)Nc1ccc(C)c(S(=O)(=O)N2CCNCC2C)c1. The lowest BCUT2D eigenvalue weighted by Crippen LogP contribution is -2.52. The Labute approximate surface area is 125 Å². The van der Waals surface area contributed by atoms with E-state index < -0.39 is 10.0 Å². The second-order valence-corrected chi connectivity index (χ2v) is 7.19. The van der Waals surface area contributed by atoms with Gasteiger partial charge in [0.05, 0.1) is 4.90 Å². The summed E-state index contributed by atoms with van der Waals surface area (Å²) in [6.45, 7) is 6.78. The third-order valence-corrected chi connectivity index (χ3v) is 5.69. The summed E-state index contributed by atoms with van der Waals surface area (Å²) in [5.74, 6) is -0.224. The van der Waals surface area contributed by atoms with E-state index in [2.05, 4.69) is 10.6 Å². The van der Waals surface area contributed by atoms with E-state index in [0.29, 0.717) is 30.9 Å². The number of anilines is 1. The van der Waals surface area contributed by atoms with E-state index in [4.69, 9.17) is 0 Å². The van der Waals surface area contributed by atoms with Gasteiger partial charge in [-0.2, -0.15) is 4.31 Å². The summed E-state index contributed by atoms with van der Waals surface area (Å²) in [5, 5.41) is 5.80. The first-order valence-corrected chi connectivity index (χ1v) is 8.37. The molecule has 6 nitrogen and oxygen atoms in total. The molecule has 0 aliphatic carbocycles. The normalized spacial score (nSPS) is 20.2. The number of carbonyl (C=O) groups is 1. The molecule has 116 valence electrons. The molecule has 2 rings (SSSR count). The Kier molecular flexibility index (Phi) is 4.65. The summed E-state index contributed by atoms with van der Waals surface area (Å²) in [5.41, 5.74) is 1.17. The molecule has 1 amide bonds. The molecule has 0 bridgehead atoms. The van der Waals surface area contributed by atoms with Gasteiger partial charge in [-0.3, -0.25) is 4.79 Å². The highest BCUT2D eigenvalue weighted by Gasteiger charge is 2.32. The molecule has 7 heteroatoms. The Morgan fingerprint density at radius 1 is 1.43 bits per heavy atom. The van der Waals surface area contributed by atoms with Gasteiger partial charge in [0.15, 0.2) is 0 Å². The number of hydrogen-bond acceptors (Lipinski definition) is 4. The summed E-state index contributed by atoms with van der Waals surface area (Å²) in [7, 11) is -3.56. The number of aryl methyl sites for hydroxylation is 1. The van der Waals surface area contributed by atoms with E-state index >= 15 is 0 Å². The molecule has 1 aromatic carbocycles. The van der Waals surface area contributed by atoms with Gasteiger partial charge in [-0.05, 0) is 31.5 Å². The smallest absolute Gasteiger partial charge is 0.243 e. The zero-order chi connectivity index (χ0) is 15.6. The maximum atomic E-state index is 12.8. The summed E-state index contributed by atoms with van der Waals surface area (Å²) in [6, 6.07) is 4.86. The van der Waals surface area contributed by atoms with Crippen molar-refractivity contribution >= 4 is 21.6 Å². The number of carbonyl (C=O) groups excluding carboxylic acids is 1. The van der Waals surface area contributed by atoms with E-state index in [1.165, 1.54) is 17.3 Å². The summed E-state index contributed by atoms with van der Waals surface area (Å²) in [4.78, 5) is 11.4. The highest BCUT2D eigenvalue weighted by Crippen LogP contribution is 2.25. The molecule has 1 heterocycles. The second kappa shape index (κ2) is 6.13. The zero-order valence-electron chi connectivity index (χ0n) is 12.5. The number of piperazine rings is 1. The van der Waals surface area contributed by atoms with Crippen LogP contribution in [0, 0.1) is 6.92 Å². The Morgan fingerprint density at radius 3 is 2.76 bits per heavy atom. The minimum Gasteiger partial charge on any atom is -0.326 e. The van der Waals surface area contributed by atoms with Crippen LogP contribution in [0.15, 0.2) is 23.1 Å². The van der Waals surface area contributed by atoms with E-state index in [1.807, 2.05) is 6.92 Å². The van der Waals surface area contributed by atoms with Crippen LogP contribution in [-0.2, 0) is 14.8 Å². The molecule has 21 heavy (non-hydrogen) atoms. The second-order valence-electron chi connectivity index (χ2n) is 5.33. The van der Waals surface area contributed by atoms with Crippen molar-refractivity contribution in [2.45, 2.75) is 31.7 Å². The highest BCUT2D eigenvalue weighted by atomic mass is 32.2. The van der Waals surface area contributed by atoms with Gasteiger partial charge in [0.25, 0.3) is 0 Å². The molecule has 1 atom stereocenters. The number of sulfonamides is 1. The molecule has 0 saturated carbocycles. The maximum absolute atomic E-state index is 12.8. The van der Waals surface area contributed by atoms with Crippen LogP contribution < -0.4 is 10.6 Å². The Balaban J connectivity index is 2.41. The fraction of sp³-hybridized carbons (Fsp3) is 0.500. The molecular weight excluding hydrogens is 290 g/mol. The summed E-state index contributed by atoms with van der Waals surface area (Å²) in [6.07, 6.45) is 0. The number of hydrogen-bond donors (Lipinski definition) is 2. The topological polar surface area (TPSA) is 78.5 Å². The summed E-state index contributed by atoms with van der Waals surface area (Å²) < 4.78 is 27.2. The number of rotatable bonds is 3. The minimum absolute atomic E-state index is 0.0902. The quantitative estimate of drug-likeness (QED) is 0.870. The lowest BCUT2D eigenvalue weighted by molar-refractivity contribution is -0.114. The molecule has 1 unspecified atom stereocenters. The van der Waals surface area contributed by atoms with Gasteiger partial charge in [-0.1, -0.05) is 6.07 Å². The predicted molar refractivity (Wildman–Crippen MR) is 81.7 cm³/mol. The average molecular weight is 311 g/mol. The van der Waals surface area contributed by atoms with Gasteiger partial charge in [0.1, 0.15) is 0 Å². The fourth-order valence-electron chi connectivity index (χ4n) is 2.46. The Bertz CT molecular complexity index is 643. The molecule has 1 aliphatic rings. The van der Waals surface area contributed by atoms with Crippen molar-refractivity contribution in [1.82, 2.24) is 9.62 Å². The molecule has 1 fully saturated rings. The van der Waals surface area contributed by atoms with Crippen LogP contribution in [-0.4, -0.2) is 44.3 Å². The molecule has 0 aromatic heterocycles. The Hall–Kier alpha value is -1.44. The third-order valence-electron chi connectivity index (χ3n) is 3.54. The van der Waals surface area contributed by atoms with E-state index in [-0.39, 0.29) is 16.8 Å². The lowest BCUT2D eigenvalue weighted by Gasteiger charge is -2.33. The molecular formula is C14H21N3O3S. The van der Waals surface area contributed by atoms with Crippen molar-refractivity contribution in [1.29, 1.82) is 0 Å². The van der Waals surface area contributed by atoms with Crippen LogP contribution in [0.25, 0.3) is 0 Å². The fourth-order valence-corrected chi connectivity index (χ4v) is 4.35. The van der Waals surface area contributed by atoms with Gasteiger partial charge in [-0.15, -0.1) is 0 Å². The standard InChI is InChI=1S/C14H21N3O3S/c1-10-4-5-13(16-12(3)18)8-14(10)21(19,20)17-7-6-15-9-11(17)2/h4-5,8,11,15H,6-7,9H2,1-3H3,(H,16,18). The first-order valence-electron chi connectivity index (χ1n) is 6.93. The molecule has 1 aliphatic heterocycles. The number of benzene rings is 1. The molecule has 1 saturated heterocycles. The molecule has 2 N–H and O–H groups in total. The first kappa shape index (κ1) is 15.9. The van der Waals surface area contributed by atoms with Crippen molar-refractivity contribution < 1.29 is 13.2 Å². The third kappa shape index (κ3) is 3.42. The minimum atomic E-state index is -3.56. The predicted octanol–water partition coefficient (Wildman–Crippen LogP) is 0.936. The van der Waals surface area contributed by atoms with Crippen LogP contribution in [0.2, 0.25) is 0 Å². The largest absolute Gasteiger partial charge is 0.326 e. The van der Waals surface area contributed by atoms with Crippen LogP contribution in [0.3, 0.4) is 0 Å². The molecule has 0 spiro atoms. The van der Waals surface area contributed by atoms with Crippen molar-refractivity contribution in [3.8, 4) is 0 Å². The van der Waals surface area contributed by atoms with E-state index in [0.717, 1.165) is 0 Å². The first-order chi connectivity index (χ1) is 9.82. The van der Waals surface area contributed by atoms with Gasteiger partial charge >= 0.3 is 0 Å². The van der Waals surface area contributed by atoms with Crippen molar-refractivity contribution in [3.05, 3.63) is 23.8 Å². The van der Waals surface area contributed by atoms with Crippen molar-refractivity contribution in [2.75, 3.05) is 25.0 Å². The van der Waals surface area contributed by atoms with E-state index in [9.17, 15) is 13.2 Å². The average Bonchev–Trinajstić information content (AvgIpc) is 2.40.